The number of aliphatic hydroxyl groups excluding tert-OH is 1. The zero-order valence-electron chi connectivity index (χ0n) is 9.50. The molecule has 0 amide bonds. The first-order valence-corrected chi connectivity index (χ1v) is 5.49. The van der Waals surface area contributed by atoms with Crippen LogP contribution in [-0.2, 0) is 9.53 Å². The van der Waals surface area contributed by atoms with Crippen LogP contribution >= 0.6 is 0 Å². The highest BCUT2D eigenvalue weighted by Crippen LogP contribution is 1.92. The first-order valence-electron chi connectivity index (χ1n) is 5.49. The monoisotopic (exact) mass is 204 g/mol. The van der Waals surface area contributed by atoms with E-state index in [0.29, 0.717) is 19.7 Å². The van der Waals surface area contributed by atoms with Crippen molar-refractivity contribution in [2.75, 3.05) is 13.2 Å². The van der Waals surface area contributed by atoms with Crippen LogP contribution in [0.3, 0.4) is 0 Å². The van der Waals surface area contributed by atoms with Crippen LogP contribution in [0.25, 0.3) is 0 Å². The molecule has 3 heteroatoms. The molecule has 0 bridgehead atoms. The van der Waals surface area contributed by atoms with Crippen LogP contribution < -0.4 is 0 Å². The van der Waals surface area contributed by atoms with Gasteiger partial charge in [0.1, 0.15) is 0 Å². The van der Waals surface area contributed by atoms with Crippen molar-refractivity contribution in [1.29, 1.82) is 0 Å². The van der Waals surface area contributed by atoms with E-state index in [9.17, 15) is 4.79 Å². The Balaban J connectivity index is 0. The van der Waals surface area contributed by atoms with Crippen molar-refractivity contribution in [2.45, 2.75) is 52.4 Å². The third-order valence-corrected chi connectivity index (χ3v) is 1.70. The molecular formula is C11H24O3. The molecule has 0 fully saturated rings. The van der Waals surface area contributed by atoms with E-state index in [1.807, 2.05) is 0 Å². The fraction of sp³-hybridized carbons (Fsp3) is 0.909. The normalized spacial score (nSPS) is 8.79. The SMILES string of the molecule is CCCCCO.CCCCCOC=O. The Labute approximate surface area is 87.5 Å². The summed E-state index contributed by atoms with van der Waals surface area (Å²) in [5, 5.41) is 8.20. The molecule has 1 N–H and O–H groups in total. The molecule has 0 unspecified atom stereocenters. The quantitative estimate of drug-likeness (QED) is 0.488. The largest absolute Gasteiger partial charge is 0.468 e. The van der Waals surface area contributed by atoms with Crippen molar-refractivity contribution in [1.82, 2.24) is 0 Å². The number of hydrogen-bond acceptors (Lipinski definition) is 3. The van der Waals surface area contributed by atoms with Gasteiger partial charge in [0.2, 0.25) is 0 Å². The molecule has 0 radical (unpaired) electrons. The van der Waals surface area contributed by atoms with E-state index in [1.54, 1.807) is 0 Å². The number of ether oxygens (including phenoxy) is 1. The van der Waals surface area contributed by atoms with Crippen molar-refractivity contribution in [3.8, 4) is 0 Å². The second-order valence-electron chi connectivity index (χ2n) is 3.10. The first kappa shape index (κ1) is 15.9. The lowest BCUT2D eigenvalue weighted by Gasteiger charge is -1.93. The maximum absolute atomic E-state index is 9.55. The molecule has 0 aromatic heterocycles. The van der Waals surface area contributed by atoms with Crippen molar-refractivity contribution < 1.29 is 14.6 Å². The summed E-state index contributed by atoms with van der Waals surface area (Å²) in [4.78, 5) is 9.55. The van der Waals surface area contributed by atoms with Gasteiger partial charge in [-0.1, -0.05) is 39.5 Å². The molecule has 86 valence electrons. The lowest BCUT2D eigenvalue weighted by Crippen LogP contribution is -1.89. The summed E-state index contributed by atoms with van der Waals surface area (Å²) in [6, 6.07) is 0. The molecule has 0 saturated heterocycles. The molecular weight excluding hydrogens is 180 g/mol. The first-order chi connectivity index (χ1) is 6.83. The number of carbonyl (C=O) groups excluding carboxylic acids is 1. The zero-order chi connectivity index (χ0) is 11.1. The van der Waals surface area contributed by atoms with Crippen molar-refractivity contribution >= 4 is 6.47 Å². The lowest BCUT2D eigenvalue weighted by molar-refractivity contribution is -0.128. The van der Waals surface area contributed by atoms with E-state index >= 15 is 0 Å². The Hall–Kier alpha value is -0.570. The minimum atomic E-state index is 0.355. The molecule has 0 aromatic carbocycles. The average Bonchev–Trinajstić information content (AvgIpc) is 2.22. The van der Waals surface area contributed by atoms with Gasteiger partial charge in [0.15, 0.2) is 0 Å². The van der Waals surface area contributed by atoms with Gasteiger partial charge in [-0.3, -0.25) is 4.79 Å². The number of aliphatic hydroxyl groups is 1. The molecule has 14 heavy (non-hydrogen) atoms. The molecule has 0 heterocycles. The second kappa shape index (κ2) is 18.3. The predicted molar refractivity (Wildman–Crippen MR) is 58.2 cm³/mol. The van der Waals surface area contributed by atoms with Crippen LogP contribution in [0.5, 0.6) is 0 Å². The van der Waals surface area contributed by atoms with Crippen molar-refractivity contribution in [3.05, 3.63) is 0 Å². The van der Waals surface area contributed by atoms with Gasteiger partial charge in [-0.15, -0.1) is 0 Å². The fourth-order valence-electron chi connectivity index (χ4n) is 0.845. The van der Waals surface area contributed by atoms with Crippen molar-refractivity contribution in [2.24, 2.45) is 0 Å². The van der Waals surface area contributed by atoms with Gasteiger partial charge in [0.25, 0.3) is 6.47 Å². The van der Waals surface area contributed by atoms with E-state index in [4.69, 9.17) is 5.11 Å². The van der Waals surface area contributed by atoms with E-state index in [2.05, 4.69) is 18.6 Å². The van der Waals surface area contributed by atoms with Gasteiger partial charge in [0.05, 0.1) is 6.61 Å². The highest BCUT2D eigenvalue weighted by molar-refractivity contribution is 5.36. The van der Waals surface area contributed by atoms with Crippen molar-refractivity contribution in [3.63, 3.8) is 0 Å². The van der Waals surface area contributed by atoms with Gasteiger partial charge >= 0.3 is 0 Å². The summed E-state index contributed by atoms with van der Waals surface area (Å²) in [7, 11) is 0. The van der Waals surface area contributed by atoms with Crippen LogP contribution in [0.4, 0.5) is 0 Å². The molecule has 0 aliphatic heterocycles. The Bertz CT molecular complexity index is 90.5. The van der Waals surface area contributed by atoms with E-state index in [-0.39, 0.29) is 0 Å². The number of unbranched alkanes of at least 4 members (excludes halogenated alkanes) is 4. The van der Waals surface area contributed by atoms with Gasteiger partial charge < -0.3 is 9.84 Å². The zero-order valence-corrected chi connectivity index (χ0v) is 9.50. The third kappa shape index (κ3) is 22.5. The van der Waals surface area contributed by atoms with Gasteiger partial charge in [-0.25, -0.2) is 0 Å². The summed E-state index contributed by atoms with van der Waals surface area (Å²) in [5.41, 5.74) is 0. The number of hydrogen-bond donors (Lipinski definition) is 1. The molecule has 0 aromatic rings. The second-order valence-corrected chi connectivity index (χ2v) is 3.10. The predicted octanol–water partition coefficient (Wildman–Crippen LogP) is 2.52. The van der Waals surface area contributed by atoms with E-state index < -0.39 is 0 Å². The van der Waals surface area contributed by atoms with Gasteiger partial charge in [-0.05, 0) is 12.8 Å². The average molecular weight is 204 g/mol. The Morgan fingerprint density at radius 1 is 1.07 bits per heavy atom. The Morgan fingerprint density at radius 3 is 2.00 bits per heavy atom. The number of carbonyl (C=O) groups is 1. The maximum atomic E-state index is 9.55. The van der Waals surface area contributed by atoms with E-state index in [0.717, 1.165) is 25.7 Å². The minimum Gasteiger partial charge on any atom is -0.468 e. The van der Waals surface area contributed by atoms with Crippen LogP contribution in [0, 0.1) is 0 Å². The minimum absolute atomic E-state index is 0.355. The van der Waals surface area contributed by atoms with Crippen LogP contribution in [0.15, 0.2) is 0 Å². The molecule has 0 aliphatic rings. The Morgan fingerprint density at radius 2 is 1.64 bits per heavy atom. The fourth-order valence-corrected chi connectivity index (χ4v) is 0.845. The van der Waals surface area contributed by atoms with Gasteiger partial charge in [0, 0.05) is 6.61 Å². The highest BCUT2D eigenvalue weighted by Gasteiger charge is 1.82. The number of rotatable bonds is 8. The summed E-state index contributed by atoms with van der Waals surface area (Å²) in [5.74, 6) is 0. The van der Waals surface area contributed by atoms with Crippen LogP contribution in [0.1, 0.15) is 52.4 Å². The molecule has 0 spiro atoms. The molecule has 0 aliphatic carbocycles. The Kier molecular flexibility index (Phi) is 20.7. The highest BCUT2D eigenvalue weighted by atomic mass is 16.5. The maximum Gasteiger partial charge on any atom is 0.293 e. The summed E-state index contributed by atoms with van der Waals surface area (Å²) >= 11 is 0. The summed E-state index contributed by atoms with van der Waals surface area (Å²) in [6.45, 7) is 5.66. The molecule has 0 atom stereocenters. The molecule has 0 rings (SSSR count). The summed E-state index contributed by atoms with van der Waals surface area (Å²) < 4.78 is 4.46. The standard InChI is InChI=1S/C6H12O2.C5H12O/c1-2-3-4-5-8-6-7;1-2-3-4-5-6/h6H,2-5H2,1H3;6H,2-5H2,1H3. The summed E-state index contributed by atoms with van der Waals surface area (Å²) in [6.07, 6.45) is 6.64. The van der Waals surface area contributed by atoms with Gasteiger partial charge in [-0.2, -0.15) is 0 Å². The topological polar surface area (TPSA) is 46.5 Å². The van der Waals surface area contributed by atoms with Crippen LogP contribution in [0.2, 0.25) is 0 Å². The molecule has 3 nitrogen and oxygen atoms in total. The third-order valence-electron chi connectivity index (χ3n) is 1.70. The molecule has 0 saturated carbocycles. The smallest absolute Gasteiger partial charge is 0.293 e. The lowest BCUT2D eigenvalue weighted by atomic mass is 10.3. The van der Waals surface area contributed by atoms with Crippen LogP contribution in [-0.4, -0.2) is 24.8 Å². The van der Waals surface area contributed by atoms with E-state index in [1.165, 1.54) is 12.8 Å².